The van der Waals surface area contributed by atoms with E-state index in [4.69, 9.17) is 0 Å². The van der Waals surface area contributed by atoms with Gasteiger partial charge in [0.25, 0.3) is 0 Å². The van der Waals surface area contributed by atoms with Crippen LogP contribution in [0.25, 0.3) is 0 Å². The van der Waals surface area contributed by atoms with Crippen LogP contribution in [0.15, 0.2) is 152 Å². The molecular formula is C33H35P2Ru+6. The summed E-state index contributed by atoms with van der Waals surface area (Å²) < 4.78 is 0. The first kappa shape index (κ1) is 28.3. The van der Waals surface area contributed by atoms with Gasteiger partial charge in [0.15, 0.2) is 0 Å². The molecule has 0 fully saturated rings. The van der Waals surface area contributed by atoms with Gasteiger partial charge in [-0.25, -0.2) is 12.1 Å². The van der Waals surface area contributed by atoms with Crippen molar-refractivity contribution in [1.29, 1.82) is 0 Å². The van der Waals surface area contributed by atoms with Crippen LogP contribution in [0.1, 0.15) is 12.8 Å². The Hall–Kier alpha value is -2.29. The van der Waals surface area contributed by atoms with E-state index in [2.05, 4.69) is 121 Å². The van der Waals surface area contributed by atoms with Crippen molar-refractivity contribution in [3.63, 3.8) is 0 Å². The van der Waals surface area contributed by atoms with Crippen molar-refractivity contribution in [2.75, 3.05) is 12.3 Å². The van der Waals surface area contributed by atoms with Gasteiger partial charge in [-0.2, -0.15) is 18.2 Å². The van der Waals surface area contributed by atoms with E-state index in [0.717, 1.165) is 0 Å². The van der Waals surface area contributed by atoms with Crippen molar-refractivity contribution in [1.82, 2.24) is 0 Å². The molecule has 0 unspecified atom stereocenters. The Kier molecular flexibility index (Phi) is 12.9. The van der Waals surface area contributed by atoms with E-state index in [0.29, 0.717) is 0 Å². The average Bonchev–Trinajstić information content (AvgIpc) is 3.53. The Morgan fingerprint density at radius 3 is 0.889 bits per heavy atom. The monoisotopic (exact) mass is 595 g/mol. The number of hydrogen-bond donors (Lipinski definition) is 0. The standard InChI is InChI=1S/C28H28P2.C5H5.Ru/c1-5-15-25(16-6-1)29(26-17-7-2-8-18-26)23-13-14-24-30(27-19-9-3-10-20-27)28-21-11-4-12-22-28;1-2-4-5-3-1;/h1-12,15-22H,13-14,23-24H2;1-5H;/q;-1;+5/p+2. The number of benzene rings is 4. The molecule has 0 saturated carbocycles. The summed E-state index contributed by atoms with van der Waals surface area (Å²) in [6.07, 6.45) is 5.20. The second-order valence-corrected chi connectivity index (χ2v) is 13.8. The molecule has 0 aliphatic rings. The summed E-state index contributed by atoms with van der Waals surface area (Å²) in [5.41, 5.74) is 0. The van der Waals surface area contributed by atoms with Gasteiger partial charge in [0.05, 0.1) is 49.4 Å². The summed E-state index contributed by atoms with van der Waals surface area (Å²) in [6.45, 7) is 0. The van der Waals surface area contributed by atoms with Crippen LogP contribution in [0.5, 0.6) is 0 Å². The molecule has 0 atom stereocenters. The molecule has 36 heavy (non-hydrogen) atoms. The molecule has 0 nitrogen and oxygen atoms in total. The van der Waals surface area contributed by atoms with E-state index >= 15 is 0 Å². The Morgan fingerprint density at radius 2 is 0.667 bits per heavy atom. The maximum Gasteiger partial charge on any atom is 5.00 e. The smallest absolute Gasteiger partial charge is 0.214 e. The first-order valence-corrected chi connectivity index (χ1v) is 15.9. The van der Waals surface area contributed by atoms with Crippen LogP contribution in [0.3, 0.4) is 0 Å². The SMILES string of the molecule is [Ru+5].c1cc[cH-]c1.c1ccc([PH+](CCCC[PH+](c2ccccc2)c2ccccc2)c2ccccc2)cc1. The fourth-order valence-electron chi connectivity index (χ4n) is 4.39. The van der Waals surface area contributed by atoms with E-state index in [1.807, 2.05) is 30.3 Å². The topological polar surface area (TPSA) is 0 Å². The van der Waals surface area contributed by atoms with E-state index in [1.165, 1.54) is 46.4 Å². The summed E-state index contributed by atoms with van der Waals surface area (Å²) in [7, 11) is -1.43. The van der Waals surface area contributed by atoms with Gasteiger partial charge < -0.3 is 0 Å². The zero-order valence-corrected chi connectivity index (χ0v) is 24.4. The average molecular weight is 595 g/mol. The van der Waals surface area contributed by atoms with E-state index in [-0.39, 0.29) is 19.5 Å². The van der Waals surface area contributed by atoms with E-state index in [1.54, 1.807) is 0 Å². The largest absolute Gasteiger partial charge is 5.00 e. The second kappa shape index (κ2) is 16.5. The summed E-state index contributed by atoms with van der Waals surface area (Å²) >= 11 is 0. The third-order valence-corrected chi connectivity index (χ3v) is 12.0. The van der Waals surface area contributed by atoms with Crippen LogP contribution in [0.2, 0.25) is 0 Å². The van der Waals surface area contributed by atoms with Crippen LogP contribution in [0.4, 0.5) is 0 Å². The predicted molar refractivity (Wildman–Crippen MR) is 162 cm³/mol. The van der Waals surface area contributed by atoms with E-state index in [9.17, 15) is 0 Å². The van der Waals surface area contributed by atoms with Gasteiger partial charge in [0.2, 0.25) is 0 Å². The summed E-state index contributed by atoms with van der Waals surface area (Å²) in [4.78, 5) is 0. The van der Waals surface area contributed by atoms with Gasteiger partial charge in [-0.05, 0) is 61.4 Å². The van der Waals surface area contributed by atoms with Crippen LogP contribution in [-0.4, -0.2) is 12.3 Å². The van der Waals surface area contributed by atoms with Crippen molar-refractivity contribution < 1.29 is 19.5 Å². The molecular weight excluding hydrogens is 559 g/mol. The van der Waals surface area contributed by atoms with Crippen molar-refractivity contribution >= 4 is 37.1 Å². The molecule has 0 aliphatic carbocycles. The molecule has 0 amide bonds. The van der Waals surface area contributed by atoms with Gasteiger partial charge in [-0.3, -0.25) is 0 Å². The fourth-order valence-corrected chi connectivity index (χ4v) is 9.80. The zero-order chi connectivity index (χ0) is 24.0. The predicted octanol–water partition coefficient (Wildman–Crippen LogP) is 6.90. The minimum atomic E-state index is -0.714. The number of unbranched alkanes of at least 4 members (excludes halogenated alkanes) is 1. The zero-order valence-electron chi connectivity index (χ0n) is 20.6. The summed E-state index contributed by atoms with van der Waals surface area (Å²) in [5, 5.41) is 6.13. The van der Waals surface area contributed by atoms with Gasteiger partial charge in [-0.1, -0.05) is 72.8 Å². The minimum absolute atomic E-state index is 0. The first-order valence-electron chi connectivity index (χ1n) is 12.5. The molecule has 0 spiro atoms. The fraction of sp³-hybridized carbons (Fsp3) is 0.121. The van der Waals surface area contributed by atoms with Gasteiger partial charge in [-0.15, -0.1) is 0 Å². The molecule has 0 aliphatic heterocycles. The molecule has 3 heteroatoms. The van der Waals surface area contributed by atoms with Crippen molar-refractivity contribution in [3.8, 4) is 0 Å². The Morgan fingerprint density at radius 1 is 0.389 bits per heavy atom. The maximum atomic E-state index is 2.32. The summed E-state index contributed by atoms with van der Waals surface area (Å²) in [6, 6.07) is 54.6. The van der Waals surface area contributed by atoms with Crippen LogP contribution < -0.4 is 21.2 Å². The normalized spacial score (nSPS) is 10.4. The molecule has 1 radical (unpaired) electrons. The molecule has 179 valence electrons. The van der Waals surface area contributed by atoms with Crippen molar-refractivity contribution in [3.05, 3.63) is 152 Å². The first-order chi connectivity index (χ1) is 17.4. The molecule has 0 bridgehead atoms. The molecule has 0 N–H and O–H groups in total. The molecule has 5 aromatic carbocycles. The van der Waals surface area contributed by atoms with Crippen molar-refractivity contribution in [2.24, 2.45) is 0 Å². The molecule has 0 saturated heterocycles. The van der Waals surface area contributed by atoms with Crippen LogP contribution in [-0.2, 0) is 19.5 Å². The van der Waals surface area contributed by atoms with E-state index < -0.39 is 15.8 Å². The Bertz CT molecular complexity index is 997. The number of hydrogen-bond acceptors (Lipinski definition) is 0. The maximum absolute atomic E-state index is 2.32. The van der Waals surface area contributed by atoms with Crippen LogP contribution in [0, 0.1) is 0 Å². The van der Waals surface area contributed by atoms with Crippen molar-refractivity contribution in [2.45, 2.75) is 12.8 Å². The van der Waals surface area contributed by atoms with Crippen LogP contribution >= 0.6 is 15.8 Å². The number of rotatable bonds is 9. The van der Waals surface area contributed by atoms with Gasteiger partial charge in [0, 0.05) is 0 Å². The third-order valence-electron chi connectivity index (χ3n) is 6.15. The molecule has 5 rings (SSSR count). The van der Waals surface area contributed by atoms with Gasteiger partial charge in [0.1, 0.15) is 0 Å². The molecule has 5 aromatic rings. The molecule has 0 heterocycles. The quantitative estimate of drug-likeness (QED) is 0.0754. The Labute approximate surface area is 232 Å². The Balaban J connectivity index is 0.000000538. The summed E-state index contributed by atoms with van der Waals surface area (Å²) in [5.74, 6) is 0. The minimum Gasteiger partial charge on any atom is -0.214 e. The third kappa shape index (κ3) is 8.98. The van der Waals surface area contributed by atoms with Gasteiger partial charge >= 0.3 is 19.5 Å². The second-order valence-electron chi connectivity index (χ2n) is 8.59. The molecule has 0 aromatic heterocycles.